The molecular weight excluding hydrogens is 429 g/mol. The summed E-state index contributed by atoms with van der Waals surface area (Å²) in [5.74, 6) is 0.0278. The Morgan fingerprint density at radius 2 is 2.03 bits per heavy atom. The first-order chi connectivity index (χ1) is 16.6. The van der Waals surface area contributed by atoms with E-state index in [0.29, 0.717) is 36.6 Å². The van der Waals surface area contributed by atoms with Gasteiger partial charge in [-0.05, 0) is 55.6 Å². The highest BCUT2D eigenvalue weighted by atomic mass is 19.1. The van der Waals surface area contributed by atoms with Gasteiger partial charge in [-0.1, -0.05) is 42.8 Å². The maximum atomic E-state index is 13.5. The van der Waals surface area contributed by atoms with Crippen molar-refractivity contribution >= 4 is 17.9 Å². The number of pyridine rings is 1. The van der Waals surface area contributed by atoms with Crippen LogP contribution < -0.4 is 16.0 Å². The van der Waals surface area contributed by atoms with Crippen molar-refractivity contribution in [2.45, 2.75) is 31.7 Å². The van der Waals surface area contributed by atoms with E-state index in [0.717, 1.165) is 29.7 Å². The van der Waals surface area contributed by atoms with Gasteiger partial charge in [0.2, 0.25) is 0 Å². The predicted molar refractivity (Wildman–Crippen MR) is 134 cm³/mol. The summed E-state index contributed by atoms with van der Waals surface area (Å²) < 4.78 is 13.5. The van der Waals surface area contributed by atoms with Crippen LogP contribution in [0.15, 0.2) is 60.7 Å². The normalized spacial score (nSPS) is 15.5. The lowest BCUT2D eigenvalue weighted by Crippen LogP contribution is -2.43. The van der Waals surface area contributed by atoms with E-state index in [9.17, 15) is 9.18 Å². The minimum Gasteiger partial charge on any atom is -0.369 e. The number of carbonyl (C=O) groups is 1. The predicted octanol–water partition coefficient (Wildman–Crippen LogP) is 4.41. The third-order valence-corrected chi connectivity index (χ3v) is 6.05. The molecule has 0 aliphatic carbocycles. The fourth-order valence-corrected chi connectivity index (χ4v) is 4.21. The van der Waals surface area contributed by atoms with Crippen molar-refractivity contribution in [1.82, 2.24) is 15.6 Å². The molecule has 1 aliphatic heterocycles. The summed E-state index contributed by atoms with van der Waals surface area (Å²) >= 11 is 0. The summed E-state index contributed by atoms with van der Waals surface area (Å²) in [6, 6.07) is 17.9. The molecule has 2 aromatic carbocycles. The Balaban J connectivity index is 1.54. The van der Waals surface area contributed by atoms with Gasteiger partial charge in [-0.3, -0.25) is 4.79 Å². The van der Waals surface area contributed by atoms with Crippen LogP contribution >= 0.6 is 0 Å². The highest BCUT2D eigenvalue weighted by molar-refractivity contribution is 5.99. The van der Waals surface area contributed by atoms with E-state index in [1.165, 1.54) is 31.2 Å². The number of nitrogens with one attached hydrogen (secondary N) is 4. The first-order valence-electron chi connectivity index (χ1n) is 11.7. The van der Waals surface area contributed by atoms with Crippen molar-refractivity contribution < 1.29 is 9.18 Å². The molecule has 1 aliphatic rings. The molecule has 1 fully saturated rings. The molecule has 1 unspecified atom stereocenters. The van der Waals surface area contributed by atoms with E-state index in [-0.39, 0.29) is 17.8 Å². The number of anilines is 1. The monoisotopic (exact) mass is 459 g/mol. The smallest absolute Gasteiger partial charge is 0.255 e. The van der Waals surface area contributed by atoms with Gasteiger partial charge in [0.1, 0.15) is 11.6 Å². The maximum absolute atomic E-state index is 13.5. The standard InChI is InChI=1S/C27H30FN5O/c28-21-8-5-6-19(16-21)13-15-31-26-24(27(34)32-18-22-9-3-4-14-30-22)11-12-25(33-26)23-10-2-1-7-20(23)17-29/h1-2,5-8,10-12,16-17,22,29-30H,3-4,9,13-15,18H2,(H,31,33)(H,32,34). The van der Waals surface area contributed by atoms with Gasteiger partial charge in [-0.15, -0.1) is 0 Å². The molecule has 4 N–H and O–H groups in total. The van der Waals surface area contributed by atoms with Crippen LogP contribution in [0, 0.1) is 11.2 Å². The third-order valence-electron chi connectivity index (χ3n) is 6.05. The molecule has 34 heavy (non-hydrogen) atoms. The van der Waals surface area contributed by atoms with Crippen LogP contribution in [0.25, 0.3) is 11.3 Å². The molecule has 1 saturated heterocycles. The van der Waals surface area contributed by atoms with Gasteiger partial charge < -0.3 is 21.4 Å². The summed E-state index contributed by atoms with van der Waals surface area (Å²) in [6.45, 7) is 2.05. The molecule has 1 atom stereocenters. The summed E-state index contributed by atoms with van der Waals surface area (Å²) in [7, 11) is 0. The zero-order valence-electron chi connectivity index (χ0n) is 19.1. The maximum Gasteiger partial charge on any atom is 0.255 e. The highest BCUT2D eigenvalue weighted by Gasteiger charge is 2.18. The summed E-state index contributed by atoms with van der Waals surface area (Å²) in [5.41, 5.74) is 3.58. The van der Waals surface area contributed by atoms with Gasteiger partial charge in [0.05, 0.1) is 11.3 Å². The van der Waals surface area contributed by atoms with E-state index in [1.54, 1.807) is 12.1 Å². The zero-order chi connectivity index (χ0) is 23.8. The Morgan fingerprint density at radius 1 is 1.15 bits per heavy atom. The summed E-state index contributed by atoms with van der Waals surface area (Å²) in [5, 5.41) is 17.5. The lowest BCUT2D eigenvalue weighted by molar-refractivity contribution is 0.0948. The van der Waals surface area contributed by atoms with Crippen molar-refractivity contribution in [2.24, 2.45) is 0 Å². The van der Waals surface area contributed by atoms with Crippen LogP contribution in [0.4, 0.5) is 10.2 Å². The minimum atomic E-state index is -0.266. The number of aromatic nitrogens is 1. The molecule has 6 nitrogen and oxygen atoms in total. The average molecular weight is 460 g/mol. The van der Waals surface area contributed by atoms with Crippen LogP contribution in [-0.2, 0) is 6.42 Å². The van der Waals surface area contributed by atoms with Crippen molar-refractivity contribution in [3.8, 4) is 11.3 Å². The molecule has 0 spiro atoms. The van der Waals surface area contributed by atoms with Gasteiger partial charge in [0.15, 0.2) is 0 Å². The highest BCUT2D eigenvalue weighted by Crippen LogP contribution is 2.24. The molecule has 0 radical (unpaired) electrons. The second-order valence-electron chi connectivity index (χ2n) is 8.49. The number of hydrogen-bond acceptors (Lipinski definition) is 5. The van der Waals surface area contributed by atoms with E-state index in [4.69, 9.17) is 10.4 Å². The number of halogens is 1. The number of piperidine rings is 1. The number of amides is 1. The Kier molecular flexibility index (Phi) is 7.99. The van der Waals surface area contributed by atoms with Gasteiger partial charge in [-0.25, -0.2) is 9.37 Å². The molecule has 1 aromatic heterocycles. The van der Waals surface area contributed by atoms with Crippen molar-refractivity contribution in [2.75, 3.05) is 25.0 Å². The fourth-order valence-electron chi connectivity index (χ4n) is 4.21. The molecule has 0 saturated carbocycles. The Hall–Kier alpha value is -3.58. The van der Waals surface area contributed by atoms with E-state index < -0.39 is 0 Å². The molecule has 7 heteroatoms. The van der Waals surface area contributed by atoms with Crippen LogP contribution in [0.2, 0.25) is 0 Å². The SMILES string of the molecule is N=Cc1ccccc1-c1ccc(C(=O)NCC2CCCCN2)c(NCCc2cccc(F)c2)n1. The fraction of sp³-hybridized carbons (Fsp3) is 0.296. The van der Waals surface area contributed by atoms with Crippen LogP contribution in [0.5, 0.6) is 0 Å². The number of hydrogen-bond donors (Lipinski definition) is 4. The summed E-state index contributed by atoms with van der Waals surface area (Å²) in [4.78, 5) is 17.8. The lowest BCUT2D eigenvalue weighted by atomic mass is 10.0. The largest absolute Gasteiger partial charge is 0.369 e. The Morgan fingerprint density at radius 3 is 2.82 bits per heavy atom. The molecule has 3 aromatic rings. The van der Waals surface area contributed by atoms with Gasteiger partial charge in [0.25, 0.3) is 5.91 Å². The van der Waals surface area contributed by atoms with Crippen LogP contribution in [-0.4, -0.2) is 42.8 Å². The van der Waals surface area contributed by atoms with Crippen molar-refractivity contribution in [3.05, 3.63) is 83.2 Å². The number of carbonyl (C=O) groups excluding carboxylic acids is 1. The second-order valence-corrected chi connectivity index (χ2v) is 8.49. The first kappa shape index (κ1) is 23.6. The Bertz CT molecular complexity index is 1140. The van der Waals surface area contributed by atoms with E-state index >= 15 is 0 Å². The average Bonchev–Trinajstić information content (AvgIpc) is 2.88. The molecule has 4 rings (SSSR count). The first-order valence-corrected chi connectivity index (χ1v) is 11.7. The van der Waals surface area contributed by atoms with Gasteiger partial charge in [-0.2, -0.15) is 0 Å². The lowest BCUT2D eigenvalue weighted by Gasteiger charge is -2.23. The second kappa shape index (κ2) is 11.5. The molecular formula is C27H30FN5O. The van der Waals surface area contributed by atoms with Gasteiger partial charge in [0, 0.05) is 36.5 Å². The van der Waals surface area contributed by atoms with Crippen LogP contribution in [0.3, 0.4) is 0 Å². The van der Waals surface area contributed by atoms with Crippen LogP contribution in [0.1, 0.15) is 40.7 Å². The van der Waals surface area contributed by atoms with Gasteiger partial charge >= 0.3 is 0 Å². The summed E-state index contributed by atoms with van der Waals surface area (Å²) in [6.07, 6.45) is 5.28. The van der Waals surface area contributed by atoms with Crippen molar-refractivity contribution in [3.63, 3.8) is 0 Å². The Labute approximate surface area is 199 Å². The molecule has 176 valence electrons. The topological polar surface area (TPSA) is 89.9 Å². The number of nitrogens with zero attached hydrogens (tertiary/aromatic N) is 1. The molecule has 1 amide bonds. The number of benzene rings is 2. The van der Waals surface area contributed by atoms with Crippen molar-refractivity contribution in [1.29, 1.82) is 5.41 Å². The third kappa shape index (κ3) is 6.05. The quantitative estimate of drug-likeness (QED) is 0.357. The molecule has 2 heterocycles. The van der Waals surface area contributed by atoms with E-state index in [2.05, 4.69) is 16.0 Å². The minimum absolute atomic E-state index is 0.181. The zero-order valence-corrected chi connectivity index (χ0v) is 19.1. The van der Waals surface area contributed by atoms with E-state index in [1.807, 2.05) is 36.4 Å². The number of rotatable bonds is 9. The molecule has 0 bridgehead atoms.